The predicted molar refractivity (Wildman–Crippen MR) is 104 cm³/mol. The fraction of sp³-hybridized carbons (Fsp3) is 0.136. The van der Waals surface area contributed by atoms with Gasteiger partial charge in [-0.3, -0.25) is 0 Å². The number of carbonyl (C=O) groups is 1. The number of halogens is 1. The average Bonchev–Trinajstić information content (AvgIpc) is 2.68. The topological polar surface area (TPSA) is 60.4 Å². The van der Waals surface area contributed by atoms with E-state index in [1.54, 1.807) is 54.6 Å². The van der Waals surface area contributed by atoms with Crippen LogP contribution in [0.2, 0.25) is 0 Å². The van der Waals surface area contributed by atoms with E-state index in [0.717, 1.165) is 5.56 Å². The van der Waals surface area contributed by atoms with E-state index in [0.29, 0.717) is 5.56 Å². The molecular formula is C22H19FO4S. The summed E-state index contributed by atoms with van der Waals surface area (Å²) >= 11 is 0. The molecule has 0 bridgehead atoms. The lowest BCUT2D eigenvalue weighted by Crippen LogP contribution is -2.08. The Bertz CT molecular complexity index is 1070. The van der Waals surface area contributed by atoms with Crippen molar-refractivity contribution in [3.63, 3.8) is 0 Å². The van der Waals surface area contributed by atoms with Gasteiger partial charge in [-0.1, -0.05) is 48.0 Å². The van der Waals surface area contributed by atoms with E-state index in [4.69, 9.17) is 4.74 Å². The molecular weight excluding hydrogens is 379 g/mol. The van der Waals surface area contributed by atoms with E-state index in [1.165, 1.54) is 18.2 Å². The summed E-state index contributed by atoms with van der Waals surface area (Å²) in [4.78, 5) is 12.4. The molecule has 0 atom stereocenters. The second-order valence-corrected chi connectivity index (χ2v) is 8.43. The monoisotopic (exact) mass is 398 g/mol. The van der Waals surface area contributed by atoms with Crippen molar-refractivity contribution in [3.05, 3.63) is 101 Å². The summed E-state index contributed by atoms with van der Waals surface area (Å²) in [5, 5.41) is 0. The fourth-order valence-electron chi connectivity index (χ4n) is 2.63. The van der Waals surface area contributed by atoms with Gasteiger partial charge in [0.25, 0.3) is 0 Å². The highest BCUT2D eigenvalue weighted by Gasteiger charge is 2.16. The first-order valence-corrected chi connectivity index (χ1v) is 10.3. The molecule has 0 spiro atoms. The van der Waals surface area contributed by atoms with Gasteiger partial charge < -0.3 is 4.74 Å². The Balaban J connectivity index is 1.65. The van der Waals surface area contributed by atoms with Crippen LogP contribution in [-0.2, 0) is 26.9 Å². The molecule has 0 aromatic heterocycles. The van der Waals surface area contributed by atoms with Gasteiger partial charge >= 0.3 is 5.97 Å². The van der Waals surface area contributed by atoms with Gasteiger partial charge in [-0.2, -0.15) is 0 Å². The van der Waals surface area contributed by atoms with Crippen LogP contribution >= 0.6 is 0 Å². The standard InChI is InChI=1S/C22H19FO4S/c1-16-6-12-20(13-7-16)28(25,26)15-17-8-10-18(11-9-17)22(24)27-14-19-4-2-3-5-21(19)23/h2-13H,14-15H2,1H3. The molecule has 0 saturated heterocycles. The first kappa shape index (κ1) is 19.8. The molecule has 0 N–H and O–H groups in total. The zero-order valence-electron chi connectivity index (χ0n) is 15.3. The van der Waals surface area contributed by atoms with E-state index < -0.39 is 21.6 Å². The Morgan fingerprint density at radius 1 is 0.929 bits per heavy atom. The van der Waals surface area contributed by atoms with Crippen molar-refractivity contribution in [1.82, 2.24) is 0 Å². The summed E-state index contributed by atoms with van der Waals surface area (Å²) in [5.74, 6) is -1.20. The van der Waals surface area contributed by atoms with Crippen molar-refractivity contribution < 1.29 is 22.3 Å². The number of benzene rings is 3. The van der Waals surface area contributed by atoms with Crippen LogP contribution in [0.25, 0.3) is 0 Å². The van der Waals surface area contributed by atoms with Gasteiger partial charge in [0, 0.05) is 5.56 Å². The SMILES string of the molecule is Cc1ccc(S(=O)(=O)Cc2ccc(C(=O)OCc3ccccc3F)cc2)cc1. The lowest BCUT2D eigenvalue weighted by Gasteiger charge is -2.08. The number of ether oxygens (including phenoxy) is 1. The number of aryl methyl sites for hydroxylation is 1. The number of sulfone groups is 1. The molecule has 0 aliphatic rings. The normalized spacial score (nSPS) is 11.2. The number of hydrogen-bond acceptors (Lipinski definition) is 4. The molecule has 28 heavy (non-hydrogen) atoms. The van der Waals surface area contributed by atoms with Crippen LogP contribution < -0.4 is 0 Å². The third kappa shape index (κ3) is 4.84. The molecule has 3 aromatic carbocycles. The summed E-state index contributed by atoms with van der Waals surface area (Å²) in [6.07, 6.45) is 0. The molecule has 0 radical (unpaired) electrons. The number of rotatable bonds is 6. The minimum absolute atomic E-state index is 0.166. The van der Waals surface area contributed by atoms with Crippen molar-refractivity contribution in [2.75, 3.05) is 0 Å². The zero-order chi connectivity index (χ0) is 20.1. The molecule has 0 aliphatic carbocycles. The second-order valence-electron chi connectivity index (χ2n) is 6.44. The van der Waals surface area contributed by atoms with Crippen molar-refractivity contribution in [2.24, 2.45) is 0 Å². The summed E-state index contributed by atoms with van der Waals surface area (Å²) < 4.78 is 43.7. The van der Waals surface area contributed by atoms with Crippen LogP contribution in [0, 0.1) is 12.7 Å². The van der Waals surface area contributed by atoms with E-state index >= 15 is 0 Å². The Morgan fingerprint density at radius 3 is 2.21 bits per heavy atom. The summed E-state index contributed by atoms with van der Waals surface area (Å²) in [7, 11) is -3.47. The molecule has 0 aliphatic heterocycles. The Labute approximate surface area is 163 Å². The number of esters is 1. The summed E-state index contributed by atoms with van der Waals surface area (Å²) in [5.41, 5.74) is 2.10. The molecule has 6 heteroatoms. The Kier molecular flexibility index (Phi) is 5.90. The quantitative estimate of drug-likeness (QED) is 0.575. The largest absolute Gasteiger partial charge is 0.457 e. The van der Waals surface area contributed by atoms with Crippen LogP contribution in [0.4, 0.5) is 4.39 Å². The van der Waals surface area contributed by atoms with Gasteiger partial charge in [0.15, 0.2) is 9.84 Å². The van der Waals surface area contributed by atoms with E-state index in [9.17, 15) is 17.6 Å². The third-order valence-electron chi connectivity index (χ3n) is 4.24. The number of carbonyl (C=O) groups excluding carboxylic acids is 1. The van der Waals surface area contributed by atoms with Gasteiger partial charge in [0.2, 0.25) is 0 Å². The maximum absolute atomic E-state index is 13.6. The highest BCUT2D eigenvalue weighted by Crippen LogP contribution is 2.18. The summed E-state index contributed by atoms with van der Waals surface area (Å²) in [6.45, 7) is 1.72. The van der Waals surface area contributed by atoms with Crippen molar-refractivity contribution in [2.45, 2.75) is 24.2 Å². The van der Waals surface area contributed by atoms with Crippen molar-refractivity contribution in [3.8, 4) is 0 Å². The molecule has 4 nitrogen and oxygen atoms in total. The van der Waals surface area contributed by atoms with Crippen LogP contribution in [0.5, 0.6) is 0 Å². The fourth-order valence-corrected chi connectivity index (χ4v) is 3.98. The molecule has 144 valence electrons. The minimum Gasteiger partial charge on any atom is -0.457 e. The van der Waals surface area contributed by atoms with Gasteiger partial charge in [0.1, 0.15) is 12.4 Å². The Hall–Kier alpha value is -2.99. The molecule has 0 heterocycles. The second kappa shape index (κ2) is 8.35. The van der Waals surface area contributed by atoms with Crippen molar-refractivity contribution >= 4 is 15.8 Å². The number of hydrogen-bond donors (Lipinski definition) is 0. The molecule has 3 rings (SSSR count). The Morgan fingerprint density at radius 2 is 1.57 bits per heavy atom. The van der Waals surface area contributed by atoms with Crippen LogP contribution in [0.3, 0.4) is 0 Å². The minimum atomic E-state index is -3.47. The molecule has 0 unspecified atom stereocenters. The zero-order valence-corrected chi connectivity index (χ0v) is 16.1. The van der Waals surface area contributed by atoms with E-state index in [-0.39, 0.29) is 28.4 Å². The van der Waals surface area contributed by atoms with Crippen molar-refractivity contribution in [1.29, 1.82) is 0 Å². The van der Waals surface area contributed by atoms with E-state index in [1.807, 2.05) is 6.92 Å². The lowest BCUT2D eigenvalue weighted by molar-refractivity contribution is 0.0469. The summed E-state index contributed by atoms with van der Waals surface area (Å²) in [6, 6.07) is 18.9. The van der Waals surface area contributed by atoms with Crippen LogP contribution in [-0.4, -0.2) is 14.4 Å². The highest BCUT2D eigenvalue weighted by molar-refractivity contribution is 7.90. The van der Waals surface area contributed by atoms with Crippen LogP contribution in [0.15, 0.2) is 77.7 Å². The molecule has 0 fully saturated rings. The van der Waals surface area contributed by atoms with Gasteiger partial charge in [-0.05, 0) is 42.8 Å². The molecule has 3 aromatic rings. The lowest BCUT2D eigenvalue weighted by atomic mass is 10.1. The van der Waals surface area contributed by atoms with Gasteiger partial charge in [0.05, 0.1) is 16.2 Å². The maximum atomic E-state index is 13.6. The first-order chi connectivity index (χ1) is 13.3. The third-order valence-corrected chi connectivity index (χ3v) is 5.95. The highest BCUT2D eigenvalue weighted by atomic mass is 32.2. The average molecular weight is 398 g/mol. The van der Waals surface area contributed by atoms with Gasteiger partial charge in [-0.15, -0.1) is 0 Å². The maximum Gasteiger partial charge on any atom is 0.338 e. The van der Waals surface area contributed by atoms with Crippen LogP contribution in [0.1, 0.15) is 27.0 Å². The van der Waals surface area contributed by atoms with Gasteiger partial charge in [-0.25, -0.2) is 17.6 Å². The first-order valence-electron chi connectivity index (χ1n) is 8.64. The predicted octanol–water partition coefficient (Wildman–Crippen LogP) is 4.47. The molecule has 0 saturated carbocycles. The smallest absolute Gasteiger partial charge is 0.338 e. The van der Waals surface area contributed by atoms with E-state index in [2.05, 4.69) is 0 Å². The molecule has 0 amide bonds.